The Bertz CT molecular complexity index is 753. The van der Waals surface area contributed by atoms with E-state index < -0.39 is 23.5 Å². The van der Waals surface area contributed by atoms with Crippen LogP contribution in [0.2, 0.25) is 0 Å². The van der Waals surface area contributed by atoms with Crippen molar-refractivity contribution in [1.29, 1.82) is 0 Å². The number of hydrogen-bond acceptors (Lipinski definition) is 4. The monoisotopic (exact) mass is 306 g/mol. The second kappa shape index (κ2) is 5.59. The largest absolute Gasteiger partial charge is 0.476 e. The Labute approximate surface area is 125 Å². The van der Waals surface area contributed by atoms with Gasteiger partial charge in [0.2, 0.25) is 0 Å². The number of nitrogens with zero attached hydrogens (tertiary/aromatic N) is 1. The summed E-state index contributed by atoms with van der Waals surface area (Å²) in [5, 5.41) is 11.6. The third-order valence-corrected chi connectivity index (χ3v) is 2.70. The van der Waals surface area contributed by atoms with Crippen molar-refractivity contribution in [1.82, 2.24) is 4.98 Å². The maximum atomic E-state index is 14.0. The van der Waals surface area contributed by atoms with E-state index in [0.717, 1.165) is 6.20 Å². The minimum Gasteiger partial charge on any atom is -0.476 e. The highest BCUT2D eigenvalue weighted by molar-refractivity contribution is 6.08. The lowest BCUT2D eigenvalue weighted by Gasteiger charge is -2.20. The van der Waals surface area contributed by atoms with Crippen LogP contribution >= 0.6 is 0 Å². The summed E-state index contributed by atoms with van der Waals surface area (Å²) in [6, 6.07) is 4.39. The molecule has 0 unspecified atom stereocenters. The Balaban J connectivity index is 2.49. The molecule has 6 nitrogen and oxygen atoms in total. The summed E-state index contributed by atoms with van der Waals surface area (Å²) >= 11 is 0. The number of hydrogen-bond donors (Lipinski definition) is 2. The van der Waals surface area contributed by atoms with Gasteiger partial charge in [-0.2, -0.15) is 0 Å². The quantitative estimate of drug-likeness (QED) is 0.887. The van der Waals surface area contributed by atoms with Crippen molar-refractivity contribution in [2.24, 2.45) is 0 Å². The molecule has 0 radical (unpaired) electrons. The second-order valence-corrected chi connectivity index (χ2v) is 5.61. The van der Waals surface area contributed by atoms with Gasteiger partial charge in [0, 0.05) is 10.8 Å². The highest BCUT2D eigenvalue weighted by atomic mass is 19.1. The fourth-order valence-electron chi connectivity index (χ4n) is 1.95. The van der Waals surface area contributed by atoms with E-state index in [2.05, 4.69) is 10.3 Å². The third kappa shape index (κ3) is 3.30. The van der Waals surface area contributed by atoms with Crippen LogP contribution in [-0.2, 0) is 4.74 Å². The van der Waals surface area contributed by atoms with Crippen molar-refractivity contribution in [2.45, 2.75) is 26.4 Å². The molecule has 1 heterocycles. The number of carboxylic acids is 1. The number of carbonyl (C=O) groups excluding carboxylic acids is 1. The van der Waals surface area contributed by atoms with Crippen LogP contribution in [0.15, 0.2) is 24.4 Å². The number of pyridine rings is 1. The lowest BCUT2D eigenvalue weighted by Crippen LogP contribution is -2.27. The lowest BCUT2D eigenvalue weighted by atomic mass is 10.1. The summed E-state index contributed by atoms with van der Waals surface area (Å²) < 4.78 is 19.1. The molecule has 2 N–H and O–H groups in total. The van der Waals surface area contributed by atoms with Crippen molar-refractivity contribution in [3.63, 3.8) is 0 Å². The van der Waals surface area contributed by atoms with Crippen LogP contribution < -0.4 is 5.32 Å². The second-order valence-electron chi connectivity index (χ2n) is 5.61. The molecular weight excluding hydrogens is 291 g/mol. The van der Waals surface area contributed by atoms with Gasteiger partial charge in [0.25, 0.3) is 0 Å². The first-order valence-corrected chi connectivity index (χ1v) is 6.49. The Morgan fingerprint density at radius 3 is 2.59 bits per heavy atom. The first-order valence-electron chi connectivity index (χ1n) is 6.49. The fraction of sp³-hybridized carbons (Fsp3) is 0.267. The van der Waals surface area contributed by atoms with Gasteiger partial charge in [0.05, 0.1) is 11.9 Å². The summed E-state index contributed by atoms with van der Waals surface area (Å²) in [6.07, 6.45) is 0.0552. The molecule has 0 spiro atoms. The van der Waals surface area contributed by atoms with Gasteiger partial charge in [-0.25, -0.2) is 19.0 Å². The van der Waals surface area contributed by atoms with Crippen molar-refractivity contribution in [3.05, 3.63) is 35.9 Å². The molecule has 1 amide bonds. The third-order valence-electron chi connectivity index (χ3n) is 2.70. The van der Waals surface area contributed by atoms with E-state index in [-0.39, 0.29) is 22.2 Å². The van der Waals surface area contributed by atoms with Crippen LogP contribution in [0.5, 0.6) is 0 Å². The topological polar surface area (TPSA) is 88.5 Å². The number of carbonyl (C=O) groups is 2. The zero-order valence-corrected chi connectivity index (χ0v) is 12.3. The number of nitrogens with one attached hydrogen (secondary N) is 1. The average molecular weight is 306 g/mol. The summed E-state index contributed by atoms with van der Waals surface area (Å²) in [5.74, 6) is -2.01. The molecule has 2 rings (SSSR count). The number of amides is 1. The highest BCUT2D eigenvalue weighted by Crippen LogP contribution is 2.28. The number of benzene rings is 1. The van der Waals surface area contributed by atoms with Crippen molar-refractivity contribution in [2.75, 3.05) is 5.32 Å². The molecule has 0 bridgehead atoms. The number of halogens is 1. The van der Waals surface area contributed by atoms with Gasteiger partial charge < -0.3 is 9.84 Å². The zero-order valence-electron chi connectivity index (χ0n) is 12.3. The first-order chi connectivity index (χ1) is 10.2. The van der Waals surface area contributed by atoms with Gasteiger partial charge in [-0.3, -0.25) is 5.32 Å². The number of aromatic nitrogens is 1. The molecule has 0 saturated heterocycles. The van der Waals surface area contributed by atoms with Gasteiger partial charge in [-0.15, -0.1) is 0 Å². The molecule has 2 aromatic rings. The van der Waals surface area contributed by atoms with Gasteiger partial charge in [0.15, 0.2) is 11.5 Å². The zero-order chi connectivity index (χ0) is 16.5. The number of carboxylic acid groups (broad SMARTS) is 1. The molecule has 0 atom stereocenters. The van der Waals surface area contributed by atoms with E-state index in [0.29, 0.717) is 0 Å². The Morgan fingerprint density at radius 2 is 2.00 bits per heavy atom. The summed E-state index contributed by atoms with van der Waals surface area (Å²) in [7, 11) is 0. The smallest absolute Gasteiger partial charge is 0.412 e. The van der Waals surface area contributed by atoms with Crippen LogP contribution in [0.3, 0.4) is 0 Å². The highest BCUT2D eigenvalue weighted by Gasteiger charge is 2.20. The van der Waals surface area contributed by atoms with E-state index in [1.807, 2.05) is 0 Å². The molecule has 22 heavy (non-hydrogen) atoms. The van der Waals surface area contributed by atoms with Crippen molar-refractivity contribution < 1.29 is 23.8 Å². The fourth-order valence-corrected chi connectivity index (χ4v) is 1.95. The van der Waals surface area contributed by atoms with Crippen molar-refractivity contribution >= 4 is 28.5 Å². The molecule has 0 aliphatic carbocycles. The average Bonchev–Trinajstić information content (AvgIpc) is 2.36. The Kier molecular flexibility index (Phi) is 3.99. The molecule has 0 aliphatic heterocycles. The van der Waals surface area contributed by atoms with Gasteiger partial charge in [-0.1, -0.05) is 12.1 Å². The van der Waals surface area contributed by atoms with Gasteiger partial charge in [-0.05, 0) is 26.8 Å². The van der Waals surface area contributed by atoms with Crippen LogP contribution in [0.4, 0.5) is 14.9 Å². The minimum absolute atomic E-state index is 0.0271. The molecule has 0 saturated carbocycles. The van der Waals surface area contributed by atoms with Crippen LogP contribution in [-0.4, -0.2) is 27.8 Å². The van der Waals surface area contributed by atoms with E-state index in [1.54, 1.807) is 20.8 Å². The Hall–Kier alpha value is -2.70. The molecule has 0 aliphatic rings. The predicted octanol–water partition coefficient (Wildman–Crippen LogP) is 3.42. The van der Waals surface area contributed by atoms with Crippen molar-refractivity contribution in [3.8, 4) is 0 Å². The van der Waals surface area contributed by atoms with E-state index in [9.17, 15) is 14.0 Å². The number of fused-ring (bicyclic) bond motifs is 1. The SMILES string of the molecule is CC(C)(C)OC(=O)Nc1cccc2c(C(=O)O)ncc(F)c12. The van der Waals surface area contributed by atoms with Crippen LogP contribution in [0.1, 0.15) is 31.3 Å². The molecular formula is C15H15FN2O4. The molecule has 1 aromatic carbocycles. The van der Waals surface area contributed by atoms with E-state index in [4.69, 9.17) is 9.84 Å². The predicted molar refractivity (Wildman–Crippen MR) is 78.5 cm³/mol. The number of aromatic carboxylic acids is 1. The standard InChI is InChI=1S/C15H15FN2O4/c1-15(2,3)22-14(21)18-10-6-4-5-8-11(10)9(16)7-17-12(8)13(19)20/h4-7H,1-3H3,(H,18,21)(H,19,20). The number of rotatable bonds is 2. The van der Waals surface area contributed by atoms with E-state index >= 15 is 0 Å². The number of anilines is 1. The molecule has 116 valence electrons. The van der Waals surface area contributed by atoms with Gasteiger partial charge >= 0.3 is 12.1 Å². The minimum atomic E-state index is -1.28. The van der Waals surface area contributed by atoms with Crippen LogP contribution in [0, 0.1) is 5.82 Å². The summed E-state index contributed by atoms with van der Waals surface area (Å²) in [4.78, 5) is 26.5. The van der Waals surface area contributed by atoms with E-state index in [1.165, 1.54) is 18.2 Å². The molecule has 1 aromatic heterocycles. The maximum Gasteiger partial charge on any atom is 0.412 e. The summed E-state index contributed by atoms with van der Waals surface area (Å²) in [5.41, 5.74) is -0.876. The summed E-state index contributed by atoms with van der Waals surface area (Å²) in [6.45, 7) is 5.09. The first kappa shape index (κ1) is 15.7. The van der Waals surface area contributed by atoms with Gasteiger partial charge in [0.1, 0.15) is 5.60 Å². The van der Waals surface area contributed by atoms with Crippen LogP contribution in [0.25, 0.3) is 10.8 Å². The Morgan fingerprint density at radius 1 is 1.32 bits per heavy atom. The molecule has 0 fully saturated rings. The maximum absolute atomic E-state index is 14.0. The number of ether oxygens (including phenoxy) is 1. The lowest BCUT2D eigenvalue weighted by molar-refractivity contribution is 0.0634. The normalized spacial score (nSPS) is 11.3. The molecule has 7 heteroatoms.